The van der Waals surface area contributed by atoms with Gasteiger partial charge in [-0.1, -0.05) is 47.3 Å². The molecule has 41 heavy (non-hydrogen) atoms. The van der Waals surface area contributed by atoms with Crippen LogP contribution in [0.4, 0.5) is 0 Å². The Morgan fingerprint density at radius 2 is 1.73 bits per heavy atom. The lowest BCUT2D eigenvalue weighted by molar-refractivity contribution is 0.0697. The molecule has 9 nitrogen and oxygen atoms in total. The summed E-state index contributed by atoms with van der Waals surface area (Å²) in [6.45, 7) is 0.179. The smallest absolute Gasteiger partial charge is 0.335 e. The summed E-state index contributed by atoms with van der Waals surface area (Å²) < 4.78 is 19.4. The van der Waals surface area contributed by atoms with Crippen LogP contribution in [0.3, 0.4) is 0 Å². The number of carboxylic acid groups (broad SMARTS) is 1. The molecule has 0 unspecified atom stereocenters. The molecule has 0 spiro atoms. The number of hydrogen-bond acceptors (Lipinski definition) is 7. The highest BCUT2D eigenvalue weighted by atomic mass is 79.9. The van der Waals surface area contributed by atoms with E-state index in [1.54, 1.807) is 36.5 Å². The first-order chi connectivity index (χ1) is 19.9. The largest absolute Gasteiger partial charge is 0.493 e. The van der Waals surface area contributed by atoms with Crippen LogP contribution < -0.4 is 19.8 Å². The van der Waals surface area contributed by atoms with Gasteiger partial charge in [0.1, 0.15) is 12.4 Å². The van der Waals surface area contributed by atoms with Crippen molar-refractivity contribution < 1.29 is 24.1 Å². The van der Waals surface area contributed by atoms with Crippen LogP contribution in [0.25, 0.3) is 10.9 Å². The van der Waals surface area contributed by atoms with E-state index in [9.17, 15) is 9.59 Å². The Labute approximate surface area is 245 Å². The van der Waals surface area contributed by atoms with E-state index in [1.807, 2.05) is 12.1 Å². The zero-order valence-electron chi connectivity index (χ0n) is 22.8. The number of ether oxygens (including phenoxy) is 3. The summed E-state index contributed by atoms with van der Waals surface area (Å²) in [5, 5.41) is 14.2. The third-order valence-electron chi connectivity index (χ3n) is 7.19. The molecule has 1 fully saturated rings. The van der Waals surface area contributed by atoms with Gasteiger partial charge in [0.05, 0.1) is 36.9 Å². The van der Waals surface area contributed by atoms with Gasteiger partial charge in [0.15, 0.2) is 11.5 Å². The Kier molecular flexibility index (Phi) is 8.68. The summed E-state index contributed by atoms with van der Waals surface area (Å²) in [7, 11) is 3.06. The number of aromatic carboxylic acids is 1. The van der Waals surface area contributed by atoms with Crippen LogP contribution >= 0.6 is 15.9 Å². The van der Waals surface area contributed by atoms with Gasteiger partial charge < -0.3 is 19.3 Å². The topological polar surface area (TPSA) is 112 Å². The Hall–Kier alpha value is -4.18. The Balaban J connectivity index is 1.48. The zero-order chi connectivity index (χ0) is 28.9. The van der Waals surface area contributed by atoms with E-state index in [0.717, 1.165) is 35.7 Å². The molecule has 0 aliphatic heterocycles. The van der Waals surface area contributed by atoms with Gasteiger partial charge in [0, 0.05) is 16.0 Å². The second-order valence-electron chi connectivity index (χ2n) is 9.87. The van der Waals surface area contributed by atoms with Gasteiger partial charge in [-0.15, -0.1) is 0 Å². The number of nitrogens with zero attached hydrogens (tertiary/aromatic N) is 3. The molecule has 0 bridgehead atoms. The van der Waals surface area contributed by atoms with Crippen molar-refractivity contribution in [1.82, 2.24) is 9.66 Å². The number of benzene rings is 3. The first-order valence-electron chi connectivity index (χ1n) is 13.4. The molecule has 0 atom stereocenters. The summed E-state index contributed by atoms with van der Waals surface area (Å²) >= 11 is 3.46. The molecular formula is C31H30BrN3O6. The van der Waals surface area contributed by atoms with Crippen molar-refractivity contribution in [3.8, 4) is 17.2 Å². The molecule has 1 aliphatic rings. The van der Waals surface area contributed by atoms with Crippen LogP contribution in [0.1, 0.15) is 65.3 Å². The highest BCUT2D eigenvalue weighted by Gasteiger charge is 2.23. The molecule has 1 saturated carbocycles. The lowest BCUT2D eigenvalue weighted by Gasteiger charge is -2.22. The molecule has 5 rings (SSSR count). The van der Waals surface area contributed by atoms with Gasteiger partial charge in [-0.05, 0) is 60.9 Å². The van der Waals surface area contributed by atoms with E-state index < -0.39 is 5.97 Å². The predicted octanol–water partition coefficient (Wildman–Crippen LogP) is 6.38. The third-order valence-corrected chi connectivity index (χ3v) is 7.69. The number of carboxylic acids is 1. The van der Waals surface area contributed by atoms with Crippen LogP contribution in [0, 0.1) is 0 Å². The molecule has 0 amide bonds. The number of fused-ring (bicyclic) bond motifs is 1. The van der Waals surface area contributed by atoms with Crippen LogP contribution in [0.2, 0.25) is 0 Å². The SMILES string of the molecule is COc1cc(C=Nn2c(C3CCCCC3)nc3ccc(Br)cc3c2=O)cc(OC)c1OCc1ccc(C(=O)O)cc1. The molecule has 0 saturated heterocycles. The van der Waals surface area contributed by atoms with E-state index in [4.69, 9.17) is 24.3 Å². The molecule has 1 aliphatic carbocycles. The normalized spacial score (nSPS) is 13.9. The number of aromatic nitrogens is 2. The standard InChI is InChI=1S/C31H30BrN3O6/c1-39-26-14-20(15-27(40-2)28(26)41-18-19-8-10-22(11-9-19)31(37)38)17-33-35-29(21-6-4-3-5-7-21)34-25-13-12-23(32)16-24(25)30(35)36/h8-17,21H,3-7,18H2,1-2H3,(H,37,38). The first kappa shape index (κ1) is 28.4. The minimum Gasteiger partial charge on any atom is -0.493 e. The fourth-order valence-electron chi connectivity index (χ4n) is 5.04. The molecule has 0 radical (unpaired) electrons. The van der Waals surface area contributed by atoms with Crippen LogP contribution in [0.15, 0.2) is 69.0 Å². The van der Waals surface area contributed by atoms with Gasteiger partial charge in [0.2, 0.25) is 5.75 Å². The summed E-state index contributed by atoms with van der Waals surface area (Å²) in [6.07, 6.45) is 6.92. The number of halogens is 1. The maximum Gasteiger partial charge on any atom is 0.335 e. The predicted molar refractivity (Wildman–Crippen MR) is 160 cm³/mol. The lowest BCUT2D eigenvalue weighted by Crippen LogP contribution is -2.25. The van der Waals surface area contributed by atoms with Crippen molar-refractivity contribution >= 4 is 39.0 Å². The summed E-state index contributed by atoms with van der Waals surface area (Å²) in [5.41, 5.74) is 2.07. The van der Waals surface area contributed by atoms with Crippen molar-refractivity contribution in [3.05, 3.63) is 91.9 Å². The van der Waals surface area contributed by atoms with Gasteiger partial charge in [-0.3, -0.25) is 4.79 Å². The van der Waals surface area contributed by atoms with Gasteiger partial charge in [-0.25, -0.2) is 9.78 Å². The fraction of sp³-hybridized carbons (Fsp3) is 0.290. The van der Waals surface area contributed by atoms with Crippen molar-refractivity contribution in [2.45, 2.75) is 44.6 Å². The van der Waals surface area contributed by atoms with E-state index in [0.29, 0.717) is 39.5 Å². The van der Waals surface area contributed by atoms with Crippen molar-refractivity contribution in [2.75, 3.05) is 14.2 Å². The van der Waals surface area contributed by atoms with Crippen molar-refractivity contribution in [3.63, 3.8) is 0 Å². The van der Waals surface area contributed by atoms with Crippen LogP contribution in [-0.2, 0) is 6.61 Å². The number of hydrogen-bond donors (Lipinski definition) is 1. The third kappa shape index (κ3) is 6.27. The average molecular weight is 621 g/mol. The highest BCUT2D eigenvalue weighted by Crippen LogP contribution is 2.39. The molecule has 1 N–H and O–H groups in total. The van der Waals surface area contributed by atoms with Crippen molar-refractivity contribution in [1.29, 1.82) is 0 Å². The molecule has 10 heteroatoms. The number of methoxy groups -OCH3 is 2. The minimum absolute atomic E-state index is 0.158. The van der Waals surface area contributed by atoms with Gasteiger partial charge >= 0.3 is 5.97 Å². The summed E-state index contributed by atoms with van der Waals surface area (Å²) in [4.78, 5) is 29.6. The average Bonchev–Trinajstić information content (AvgIpc) is 3.00. The Bertz CT molecular complexity index is 1630. The molecule has 1 aromatic heterocycles. The van der Waals surface area contributed by atoms with Crippen LogP contribution in [-0.4, -0.2) is 41.2 Å². The van der Waals surface area contributed by atoms with E-state index in [2.05, 4.69) is 21.0 Å². The minimum atomic E-state index is -0.987. The maximum atomic E-state index is 13.6. The molecule has 1 heterocycles. The molecule has 4 aromatic rings. The second-order valence-corrected chi connectivity index (χ2v) is 10.8. The van der Waals surface area contributed by atoms with Gasteiger partial charge in [-0.2, -0.15) is 9.78 Å². The number of carbonyl (C=O) groups is 1. The summed E-state index contributed by atoms with van der Waals surface area (Å²) in [6, 6.07) is 15.5. The first-order valence-corrected chi connectivity index (χ1v) is 14.1. The monoisotopic (exact) mass is 619 g/mol. The molecule has 3 aromatic carbocycles. The lowest BCUT2D eigenvalue weighted by atomic mass is 9.88. The Morgan fingerprint density at radius 3 is 2.37 bits per heavy atom. The van der Waals surface area contributed by atoms with Gasteiger partial charge in [0.25, 0.3) is 5.56 Å². The fourth-order valence-corrected chi connectivity index (χ4v) is 5.40. The highest BCUT2D eigenvalue weighted by molar-refractivity contribution is 9.10. The Morgan fingerprint density at radius 1 is 1.05 bits per heavy atom. The maximum absolute atomic E-state index is 13.6. The van der Waals surface area contributed by atoms with Crippen LogP contribution in [0.5, 0.6) is 17.2 Å². The van der Waals surface area contributed by atoms with Crippen molar-refractivity contribution in [2.24, 2.45) is 5.10 Å². The molecular weight excluding hydrogens is 590 g/mol. The summed E-state index contributed by atoms with van der Waals surface area (Å²) in [5.74, 6) is 1.09. The second kappa shape index (κ2) is 12.6. The van der Waals surface area contributed by atoms with E-state index >= 15 is 0 Å². The van der Waals surface area contributed by atoms with E-state index in [-0.39, 0.29) is 23.6 Å². The van der Waals surface area contributed by atoms with E-state index in [1.165, 1.54) is 37.4 Å². The quantitative estimate of drug-likeness (QED) is 0.216. The molecule has 212 valence electrons. The number of rotatable bonds is 9. The zero-order valence-corrected chi connectivity index (χ0v) is 24.4.